The van der Waals surface area contributed by atoms with Gasteiger partial charge in [0.1, 0.15) is 5.82 Å². The first-order valence-corrected chi connectivity index (χ1v) is 6.71. The molecule has 2 aromatic rings. The standard InChI is InChI=1S/C13H16ClN3O/c14-12-10-5-3-6-11(18)17(10)13(16-12)9-4-1-2-7-15-8-9/h3,5-6,9,15,18H,1-2,4,7-8H2. The molecule has 1 atom stereocenters. The number of rotatable bonds is 1. The lowest BCUT2D eigenvalue weighted by molar-refractivity contribution is 0.437. The molecule has 1 unspecified atom stereocenters. The lowest BCUT2D eigenvalue weighted by Gasteiger charge is -2.13. The Morgan fingerprint density at radius 2 is 2.28 bits per heavy atom. The summed E-state index contributed by atoms with van der Waals surface area (Å²) in [6.07, 6.45) is 3.45. The van der Waals surface area contributed by atoms with Gasteiger partial charge in [-0.2, -0.15) is 0 Å². The fourth-order valence-corrected chi connectivity index (χ4v) is 2.85. The van der Waals surface area contributed by atoms with E-state index in [1.165, 1.54) is 12.8 Å². The number of nitrogens with one attached hydrogen (secondary N) is 1. The zero-order valence-corrected chi connectivity index (χ0v) is 10.8. The van der Waals surface area contributed by atoms with Crippen molar-refractivity contribution in [1.82, 2.24) is 14.7 Å². The first-order chi connectivity index (χ1) is 8.77. The second-order valence-corrected chi connectivity index (χ2v) is 5.12. The van der Waals surface area contributed by atoms with Crippen LogP contribution >= 0.6 is 11.6 Å². The van der Waals surface area contributed by atoms with Crippen LogP contribution in [0.4, 0.5) is 0 Å². The quantitative estimate of drug-likeness (QED) is 0.833. The first kappa shape index (κ1) is 11.8. The maximum atomic E-state index is 10.0. The van der Waals surface area contributed by atoms with Gasteiger partial charge in [0.05, 0.1) is 5.52 Å². The van der Waals surface area contributed by atoms with Crippen LogP contribution in [-0.2, 0) is 0 Å². The molecule has 5 heteroatoms. The number of fused-ring (bicyclic) bond motifs is 1. The molecule has 1 saturated heterocycles. The minimum absolute atomic E-state index is 0.200. The van der Waals surface area contributed by atoms with E-state index in [-0.39, 0.29) is 5.88 Å². The van der Waals surface area contributed by atoms with Crippen molar-refractivity contribution < 1.29 is 5.11 Å². The number of imidazole rings is 1. The molecule has 0 amide bonds. The maximum Gasteiger partial charge on any atom is 0.197 e. The summed E-state index contributed by atoms with van der Waals surface area (Å²) in [5.41, 5.74) is 0.774. The third-order valence-electron chi connectivity index (χ3n) is 3.53. The summed E-state index contributed by atoms with van der Waals surface area (Å²) >= 11 is 6.15. The summed E-state index contributed by atoms with van der Waals surface area (Å²) in [5.74, 6) is 1.37. The van der Waals surface area contributed by atoms with Crippen LogP contribution in [0, 0.1) is 0 Å². The third kappa shape index (κ3) is 1.95. The highest BCUT2D eigenvalue weighted by Gasteiger charge is 2.21. The molecule has 3 heterocycles. The molecule has 1 aliphatic rings. The molecule has 1 fully saturated rings. The Hall–Kier alpha value is -1.26. The Bertz CT molecular complexity index is 559. The smallest absolute Gasteiger partial charge is 0.197 e. The first-order valence-electron chi connectivity index (χ1n) is 6.34. The van der Waals surface area contributed by atoms with E-state index in [0.29, 0.717) is 11.1 Å². The van der Waals surface area contributed by atoms with Gasteiger partial charge in [0.15, 0.2) is 11.0 Å². The average Bonchev–Trinajstić information content (AvgIpc) is 2.56. The number of hydrogen-bond acceptors (Lipinski definition) is 3. The number of halogens is 1. The highest BCUT2D eigenvalue weighted by Crippen LogP contribution is 2.30. The molecule has 2 N–H and O–H groups in total. The molecule has 0 spiro atoms. The monoisotopic (exact) mass is 265 g/mol. The molecule has 0 saturated carbocycles. The Morgan fingerprint density at radius 1 is 1.39 bits per heavy atom. The summed E-state index contributed by atoms with van der Waals surface area (Å²) in [6.45, 7) is 1.95. The maximum absolute atomic E-state index is 10.0. The van der Waals surface area contributed by atoms with Crippen LogP contribution in [0.5, 0.6) is 5.88 Å². The second-order valence-electron chi connectivity index (χ2n) is 4.76. The summed E-state index contributed by atoms with van der Waals surface area (Å²) in [7, 11) is 0. The normalized spacial score (nSPS) is 21.1. The molecular weight excluding hydrogens is 250 g/mol. The third-order valence-corrected chi connectivity index (χ3v) is 3.81. The van der Waals surface area contributed by atoms with Crippen LogP contribution in [0.1, 0.15) is 31.0 Å². The van der Waals surface area contributed by atoms with Crippen molar-refractivity contribution in [3.05, 3.63) is 29.2 Å². The van der Waals surface area contributed by atoms with Crippen molar-refractivity contribution in [3.63, 3.8) is 0 Å². The minimum Gasteiger partial charge on any atom is -0.494 e. The van der Waals surface area contributed by atoms with E-state index < -0.39 is 0 Å². The molecule has 2 aromatic heterocycles. The Kier molecular flexibility index (Phi) is 3.14. The highest BCUT2D eigenvalue weighted by atomic mass is 35.5. The molecule has 0 aliphatic carbocycles. The number of nitrogens with zero attached hydrogens (tertiary/aromatic N) is 2. The zero-order chi connectivity index (χ0) is 12.5. The van der Waals surface area contributed by atoms with Gasteiger partial charge in [0.25, 0.3) is 0 Å². The summed E-state index contributed by atoms with van der Waals surface area (Å²) in [6, 6.07) is 5.33. The largest absolute Gasteiger partial charge is 0.494 e. The average molecular weight is 266 g/mol. The van der Waals surface area contributed by atoms with Gasteiger partial charge in [-0.25, -0.2) is 4.98 Å². The fourth-order valence-electron chi connectivity index (χ4n) is 2.62. The van der Waals surface area contributed by atoms with E-state index >= 15 is 0 Å². The van der Waals surface area contributed by atoms with Gasteiger partial charge >= 0.3 is 0 Å². The molecule has 0 radical (unpaired) electrons. The second kappa shape index (κ2) is 4.78. The van der Waals surface area contributed by atoms with Gasteiger partial charge in [-0.05, 0) is 31.5 Å². The van der Waals surface area contributed by atoms with Crippen molar-refractivity contribution in [2.24, 2.45) is 0 Å². The van der Waals surface area contributed by atoms with Gasteiger partial charge in [-0.1, -0.05) is 24.1 Å². The predicted octanol–water partition coefficient (Wildman–Crippen LogP) is 2.55. The molecular formula is C13H16ClN3O. The molecule has 1 aliphatic heterocycles. The molecule has 0 aromatic carbocycles. The topological polar surface area (TPSA) is 49.6 Å². The van der Waals surface area contributed by atoms with Gasteiger partial charge in [0, 0.05) is 12.5 Å². The molecule has 3 rings (SSSR count). The van der Waals surface area contributed by atoms with Gasteiger partial charge in [-0.15, -0.1) is 0 Å². The Labute approximate surface area is 111 Å². The van der Waals surface area contributed by atoms with Gasteiger partial charge in [0.2, 0.25) is 0 Å². The highest BCUT2D eigenvalue weighted by molar-refractivity contribution is 6.32. The summed E-state index contributed by atoms with van der Waals surface area (Å²) in [4.78, 5) is 4.44. The van der Waals surface area contributed by atoms with E-state index in [9.17, 15) is 5.11 Å². The van der Waals surface area contributed by atoms with Crippen molar-refractivity contribution in [3.8, 4) is 5.88 Å². The van der Waals surface area contributed by atoms with E-state index in [0.717, 1.165) is 30.9 Å². The number of hydrogen-bond donors (Lipinski definition) is 2. The lowest BCUT2D eigenvalue weighted by atomic mass is 10.0. The van der Waals surface area contributed by atoms with Crippen molar-refractivity contribution in [2.75, 3.05) is 13.1 Å². The van der Waals surface area contributed by atoms with Crippen molar-refractivity contribution in [1.29, 1.82) is 0 Å². The van der Waals surface area contributed by atoms with Gasteiger partial charge < -0.3 is 10.4 Å². The van der Waals surface area contributed by atoms with Crippen molar-refractivity contribution >= 4 is 17.1 Å². The van der Waals surface area contributed by atoms with Crippen LogP contribution in [0.15, 0.2) is 18.2 Å². The van der Waals surface area contributed by atoms with Crippen molar-refractivity contribution in [2.45, 2.75) is 25.2 Å². The predicted molar refractivity (Wildman–Crippen MR) is 71.3 cm³/mol. The van der Waals surface area contributed by atoms with E-state index in [1.807, 2.05) is 6.07 Å². The fraction of sp³-hybridized carbons (Fsp3) is 0.462. The number of aromatic nitrogens is 2. The van der Waals surface area contributed by atoms with Gasteiger partial charge in [-0.3, -0.25) is 4.40 Å². The molecule has 0 bridgehead atoms. The lowest BCUT2D eigenvalue weighted by Crippen LogP contribution is -2.20. The van der Waals surface area contributed by atoms with Crippen LogP contribution in [0.2, 0.25) is 5.15 Å². The molecule has 4 nitrogen and oxygen atoms in total. The van der Waals surface area contributed by atoms with E-state index in [2.05, 4.69) is 10.3 Å². The van der Waals surface area contributed by atoms with E-state index in [4.69, 9.17) is 11.6 Å². The summed E-state index contributed by atoms with van der Waals surface area (Å²) in [5, 5.41) is 13.9. The summed E-state index contributed by atoms with van der Waals surface area (Å²) < 4.78 is 1.76. The number of pyridine rings is 1. The van der Waals surface area contributed by atoms with Crippen LogP contribution in [0.25, 0.3) is 5.52 Å². The SMILES string of the molecule is Oc1cccc2c(Cl)nc(C3CCCCNC3)n12. The minimum atomic E-state index is 0.200. The number of aromatic hydroxyl groups is 1. The van der Waals surface area contributed by atoms with Crippen LogP contribution in [0.3, 0.4) is 0 Å². The Morgan fingerprint density at radius 3 is 3.17 bits per heavy atom. The Balaban J connectivity index is 2.10. The van der Waals surface area contributed by atoms with Crippen LogP contribution < -0.4 is 5.32 Å². The zero-order valence-electron chi connectivity index (χ0n) is 10.1. The van der Waals surface area contributed by atoms with Crippen LogP contribution in [-0.4, -0.2) is 27.6 Å². The molecule has 96 valence electrons. The van der Waals surface area contributed by atoms with E-state index in [1.54, 1.807) is 16.5 Å². The molecule has 18 heavy (non-hydrogen) atoms.